The van der Waals surface area contributed by atoms with Crippen molar-refractivity contribution in [3.05, 3.63) is 25.3 Å². The molecule has 0 aromatic carbocycles. The molecular formula is C8H13N. The molecule has 1 heterocycles. The number of rotatable bonds is 2. The van der Waals surface area contributed by atoms with Gasteiger partial charge in [-0.15, -0.1) is 13.2 Å². The molecule has 1 aliphatic heterocycles. The molecule has 1 saturated heterocycles. The second kappa shape index (κ2) is 2.83. The summed E-state index contributed by atoms with van der Waals surface area (Å²) in [5.74, 6) is 0. The van der Waals surface area contributed by atoms with Crippen molar-refractivity contribution in [2.75, 3.05) is 0 Å². The van der Waals surface area contributed by atoms with Crippen molar-refractivity contribution in [2.45, 2.75) is 24.9 Å². The molecule has 50 valence electrons. The summed E-state index contributed by atoms with van der Waals surface area (Å²) >= 11 is 0. The monoisotopic (exact) mass is 123 g/mol. The van der Waals surface area contributed by atoms with Gasteiger partial charge in [0.25, 0.3) is 0 Å². The Morgan fingerprint density at radius 1 is 1.11 bits per heavy atom. The van der Waals surface area contributed by atoms with E-state index in [0.29, 0.717) is 12.1 Å². The van der Waals surface area contributed by atoms with Gasteiger partial charge in [0.2, 0.25) is 0 Å². The van der Waals surface area contributed by atoms with Crippen molar-refractivity contribution < 1.29 is 0 Å². The van der Waals surface area contributed by atoms with Crippen LogP contribution in [0, 0.1) is 0 Å². The van der Waals surface area contributed by atoms with Gasteiger partial charge in [-0.25, -0.2) is 0 Å². The van der Waals surface area contributed by atoms with Gasteiger partial charge in [-0.3, -0.25) is 0 Å². The first-order valence-electron chi connectivity index (χ1n) is 3.38. The van der Waals surface area contributed by atoms with Crippen LogP contribution in [0.5, 0.6) is 0 Å². The third-order valence-electron chi connectivity index (χ3n) is 1.79. The van der Waals surface area contributed by atoms with E-state index in [4.69, 9.17) is 0 Å². The van der Waals surface area contributed by atoms with Crippen LogP contribution >= 0.6 is 0 Å². The molecule has 0 aromatic heterocycles. The van der Waals surface area contributed by atoms with Crippen LogP contribution in [0.3, 0.4) is 0 Å². The van der Waals surface area contributed by atoms with Gasteiger partial charge in [0.1, 0.15) is 0 Å². The van der Waals surface area contributed by atoms with E-state index < -0.39 is 0 Å². The molecule has 0 spiro atoms. The van der Waals surface area contributed by atoms with E-state index in [1.807, 2.05) is 12.2 Å². The molecule has 1 fully saturated rings. The van der Waals surface area contributed by atoms with E-state index in [2.05, 4.69) is 18.5 Å². The van der Waals surface area contributed by atoms with Gasteiger partial charge in [-0.2, -0.15) is 0 Å². The van der Waals surface area contributed by atoms with Crippen LogP contribution in [0.25, 0.3) is 0 Å². The molecule has 0 aliphatic carbocycles. The summed E-state index contributed by atoms with van der Waals surface area (Å²) < 4.78 is 0. The third-order valence-corrected chi connectivity index (χ3v) is 1.79. The van der Waals surface area contributed by atoms with Crippen molar-refractivity contribution in [3.8, 4) is 0 Å². The fourth-order valence-electron chi connectivity index (χ4n) is 1.17. The van der Waals surface area contributed by atoms with Gasteiger partial charge < -0.3 is 5.32 Å². The molecule has 0 bridgehead atoms. The van der Waals surface area contributed by atoms with Gasteiger partial charge in [0.05, 0.1) is 0 Å². The Kier molecular flexibility index (Phi) is 2.06. The Morgan fingerprint density at radius 2 is 1.56 bits per heavy atom. The highest BCUT2D eigenvalue weighted by atomic mass is 15.0. The van der Waals surface area contributed by atoms with Gasteiger partial charge in [0.15, 0.2) is 0 Å². The molecule has 2 unspecified atom stereocenters. The Hall–Kier alpha value is -0.560. The van der Waals surface area contributed by atoms with E-state index in [-0.39, 0.29) is 0 Å². The minimum absolute atomic E-state index is 0.521. The lowest BCUT2D eigenvalue weighted by atomic mass is 10.2. The highest BCUT2D eigenvalue weighted by molar-refractivity contribution is 5.00. The first kappa shape index (κ1) is 6.56. The smallest absolute Gasteiger partial charge is 0.0253 e. The van der Waals surface area contributed by atoms with E-state index in [0.717, 1.165) is 0 Å². The first-order chi connectivity index (χ1) is 4.36. The van der Waals surface area contributed by atoms with Crippen LogP contribution in [0.2, 0.25) is 0 Å². The molecule has 2 atom stereocenters. The minimum Gasteiger partial charge on any atom is -0.304 e. The average molecular weight is 123 g/mol. The van der Waals surface area contributed by atoms with Crippen LogP contribution in [0.15, 0.2) is 25.3 Å². The molecule has 0 saturated carbocycles. The van der Waals surface area contributed by atoms with Crippen LogP contribution < -0.4 is 5.32 Å². The van der Waals surface area contributed by atoms with Crippen LogP contribution in [0.1, 0.15) is 12.8 Å². The quantitative estimate of drug-likeness (QED) is 0.548. The van der Waals surface area contributed by atoms with E-state index in [9.17, 15) is 0 Å². The third kappa shape index (κ3) is 1.42. The average Bonchev–Trinajstić information content (AvgIpc) is 2.34. The van der Waals surface area contributed by atoms with E-state index in [1.165, 1.54) is 12.8 Å². The molecule has 1 nitrogen and oxygen atoms in total. The molecule has 0 amide bonds. The maximum absolute atomic E-state index is 3.71. The lowest BCUT2D eigenvalue weighted by Crippen LogP contribution is -2.25. The second-order valence-electron chi connectivity index (χ2n) is 2.43. The zero-order chi connectivity index (χ0) is 6.69. The molecule has 1 rings (SSSR count). The predicted molar refractivity (Wildman–Crippen MR) is 40.3 cm³/mol. The highest BCUT2D eigenvalue weighted by Crippen LogP contribution is 2.12. The Labute approximate surface area is 56.5 Å². The SMILES string of the molecule is C=CC1CCC(C=C)N1. The van der Waals surface area contributed by atoms with Gasteiger partial charge in [-0.05, 0) is 12.8 Å². The fourth-order valence-corrected chi connectivity index (χ4v) is 1.17. The predicted octanol–water partition coefficient (Wildman–Crippen LogP) is 1.48. The van der Waals surface area contributed by atoms with Crippen molar-refractivity contribution in [2.24, 2.45) is 0 Å². The van der Waals surface area contributed by atoms with Crippen molar-refractivity contribution in [3.63, 3.8) is 0 Å². The van der Waals surface area contributed by atoms with E-state index in [1.54, 1.807) is 0 Å². The topological polar surface area (TPSA) is 12.0 Å². The second-order valence-corrected chi connectivity index (χ2v) is 2.43. The summed E-state index contributed by atoms with van der Waals surface area (Å²) in [6, 6.07) is 1.04. The van der Waals surface area contributed by atoms with Crippen LogP contribution in [-0.4, -0.2) is 12.1 Å². The van der Waals surface area contributed by atoms with Crippen molar-refractivity contribution in [1.29, 1.82) is 0 Å². The summed E-state index contributed by atoms with van der Waals surface area (Å²) in [6.07, 6.45) is 6.34. The summed E-state index contributed by atoms with van der Waals surface area (Å²) in [5, 5.41) is 3.35. The lowest BCUT2D eigenvalue weighted by Gasteiger charge is -2.04. The van der Waals surface area contributed by atoms with Crippen molar-refractivity contribution >= 4 is 0 Å². The molecule has 0 radical (unpaired) electrons. The summed E-state index contributed by atoms with van der Waals surface area (Å²) in [7, 11) is 0. The zero-order valence-corrected chi connectivity index (χ0v) is 5.64. The number of hydrogen-bond acceptors (Lipinski definition) is 1. The maximum Gasteiger partial charge on any atom is 0.0253 e. The largest absolute Gasteiger partial charge is 0.304 e. The number of hydrogen-bond donors (Lipinski definition) is 1. The fraction of sp³-hybridized carbons (Fsp3) is 0.500. The highest BCUT2D eigenvalue weighted by Gasteiger charge is 2.17. The Balaban J connectivity index is 2.36. The molecule has 1 aliphatic rings. The molecule has 1 heteroatoms. The normalized spacial score (nSPS) is 34.2. The van der Waals surface area contributed by atoms with Gasteiger partial charge in [0, 0.05) is 12.1 Å². The summed E-state index contributed by atoms with van der Waals surface area (Å²) in [5.41, 5.74) is 0. The minimum atomic E-state index is 0.521. The van der Waals surface area contributed by atoms with Gasteiger partial charge >= 0.3 is 0 Å². The molecule has 9 heavy (non-hydrogen) atoms. The molecule has 1 N–H and O–H groups in total. The van der Waals surface area contributed by atoms with E-state index >= 15 is 0 Å². The molecule has 0 aromatic rings. The first-order valence-corrected chi connectivity index (χ1v) is 3.38. The van der Waals surface area contributed by atoms with Crippen LogP contribution in [-0.2, 0) is 0 Å². The van der Waals surface area contributed by atoms with Crippen molar-refractivity contribution in [1.82, 2.24) is 5.32 Å². The molecular weight excluding hydrogens is 110 g/mol. The zero-order valence-electron chi connectivity index (χ0n) is 5.64. The summed E-state index contributed by atoms with van der Waals surface area (Å²) in [6.45, 7) is 7.43. The summed E-state index contributed by atoms with van der Waals surface area (Å²) in [4.78, 5) is 0. The number of nitrogens with one attached hydrogen (secondary N) is 1. The lowest BCUT2D eigenvalue weighted by molar-refractivity contribution is 0.672. The van der Waals surface area contributed by atoms with Gasteiger partial charge in [-0.1, -0.05) is 12.2 Å². The van der Waals surface area contributed by atoms with Crippen LogP contribution in [0.4, 0.5) is 0 Å². The Morgan fingerprint density at radius 3 is 1.78 bits per heavy atom. The Bertz CT molecular complexity index is 104. The maximum atomic E-state index is 3.71. The standard InChI is InChI=1S/C8H13N/c1-3-7-5-6-8(4-2)9-7/h3-4,7-9H,1-2,5-6H2.